The lowest BCUT2D eigenvalue weighted by Crippen LogP contribution is -2.12. The summed E-state index contributed by atoms with van der Waals surface area (Å²) in [6.07, 6.45) is 0.511. The molecule has 0 aliphatic rings. The van der Waals surface area contributed by atoms with E-state index < -0.39 is 5.97 Å². The van der Waals surface area contributed by atoms with Gasteiger partial charge in [-0.15, -0.1) is 0 Å². The summed E-state index contributed by atoms with van der Waals surface area (Å²) in [4.78, 5) is 10.8. The van der Waals surface area contributed by atoms with Gasteiger partial charge in [-0.25, -0.2) is 0 Å². The molecule has 0 aliphatic heterocycles. The third-order valence-corrected chi connectivity index (χ3v) is 2.81. The molecule has 1 heterocycles. The molecule has 0 fully saturated rings. The number of aryl methyl sites for hydroxylation is 1. The molecule has 16 heavy (non-hydrogen) atoms. The van der Waals surface area contributed by atoms with E-state index in [1.165, 1.54) is 0 Å². The summed E-state index contributed by atoms with van der Waals surface area (Å²) < 4.78 is 0. The van der Waals surface area contributed by atoms with Crippen molar-refractivity contribution in [3.8, 4) is 0 Å². The molecule has 84 valence electrons. The van der Waals surface area contributed by atoms with Crippen LogP contribution in [0.5, 0.6) is 0 Å². The second-order valence-corrected chi connectivity index (χ2v) is 4.11. The maximum atomic E-state index is 10.8. The number of fused-ring (bicyclic) bond motifs is 1. The predicted molar refractivity (Wildman–Crippen MR) is 61.3 cm³/mol. The number of para-hydroxylation sites is 1. The van der Waals surface area contributed by atoms with Gasteiger partial charge in [0, 0.05) is 11.1 Å². The van der Waals surface area contributed by atoms with Crippen molar-refractivity contribution in [1.29, 1.82) is 0 Å². The highest BCUT2D eigenvalue weighted by Gasteiger charge is 2.14. The summed E-state index contributed by atoms with van der Waals surface area (Å²) in [6.45, 7) is 3.67. The third kappa shape index (κ3) is 1.78. The molecular formula is C12H14N2O2. The fourth-order valence-corrected chi connectivity index (χ4v) is 1.81. The van der Waals surface area contributed by atoms with Gasteiger partial charge in [0.25, 0.3) is 0 Å². The number of nitrogens with zero attached hydrogens (tertiary/aromatic N) is 1. The molecule has 0 spiro atoms. The number of aromatic nitrogens is 2. The van der Waals surface area contributed by atoms with E-state index in [1.807, 2.05) is 25.1 Å². The van der Waals surface area contributed by atoms with Crippen LogP contribution in [0.1, 0.15) is 18.2 Å². The molecule has 2 aromatic rings. The van der Waals surface area contributed by atoms with E-state index in [0.29, 0.717) is 6.42 Å². The number of aromatic amines is 1. The first-order valence-corrected chi connectivity index (χ1v) is 5.25. The Morgan fingerprint density at radius 3 is 3.00 bits per heavy atom. The van der Waals surface area contributed by atoms with Crippen LogP contribution in [0.15, 0.2) is 18.2 Å². The molecular weight excluding hydrogens is 204 g/mol. The normalized spacial score (nSPS) is 12.9. The zero-order valence-corrected chi connectivity index (χ0v) is 9.32. The van der Waals surface area contributed by atoms with Crippen LogP contribution in [-0.2, 0) is 11.2 Å². The standard InChI is InChI=1S/C12H14N2O2/c1-7(12(15)16)6-9-4-3-5-10-8(2)13-14-11(9)10/h3-5,7H,6H2,1-2H3,(H,13,14)(H,15,16). The number of carbonyl (C=O) groups is 1. The Bertz CT molecular complexity index is 531. The highest BCUT2D eigenvalue weighted by atomic mass is 16.4. The third-order valence-electron chi connectivity index (χ3n) is 2.81. The first kappa shape index (κ1) is 10.7. The number of rotatable bonds is 3. The maximum Gasteiger partial charge on any atom is 0.306 e. The van der Waals surface area contributed by atoms with Gasteiger partial charge >= 0.3 is 5.97 Å². The summed E-state index contributed by atoms with van der Waals surface area (Å²) in [5, 5.41) is 17.1. The number of hydrogen-bond donors (Lipinski definition) is 2. The van der Waals surface area contributed by atoms with E-state index in [9.17, 15) is 4.79 Å². The van der Waals surface area contributed by atoms with Crippen LogP contribution in [0.3, 0.4) is 0 Å². The number of carboxylic acid groups (broad SMARTS) is 1. The molecule has 0 bridgehead atoms. The van der Waals surface area contributed by atoms with E-state index in [1.54, 1.807) is 6.92 Å². The molecule has 4 nitrogen and oxygen atoms in total. The average Bonchev–Trinajstić information content (AvgIpc) is 2.62. The highest BCUT2D eigenvalue weighted by molar-refractivity contribution is 5.84. The Balaban J connectivity index is 2.41. The molecule has 1 unspecified atom stereocenters. The van der Waals surface area contributed by atoms with Gasteiger partial charge in [0.15, 0.2) is 0 Å². The van der Waals surface area contributed by atoms with Crippen LogP contribution in [0, 0.1) is 12.8 Å². The molecule has 4 heteroatoms. The van der Waals surface area contributed by atoms with Crippen molar-refractivity contribution in [2.75, 3.05) is 0 Å². The van der Waals surface area contributed by atoms with E-state index in [4.69, 9.17) is 5.11 Å². The molecule has 2 rings (SSSR count). The van der Waals surface area contributed by atoms with Crippen molar-refractivity contribution in [3.63, 3.8) is 0 Å². The van der Waals surface area contributed by atoms with Crippen molar-refractivity contribution < 1.29 is 9.90 Å². The molecule has 0 aliphatic carbocycles. The van der Waals surface area contributed by atoms with Gasteiger partial charge in [-0.2, -0.15) is 5.10 Å². The first-order valence-electron chi connectivity index (χ1n) is 5.25. The molecule has 1 atom stereocenters. The second kappa shape index (κ2) is 3.96. The average molecular weight is 218 g/mol. The lowest BCUT2D eigenvalue weighted by Gasteiger charge is -2.06. The molecule has 1 aromatic heterocycles. The van der Waals surface area contributed by atoms with Crippen LogP contribution >= 0.6 is 0 Å². The van der Waals surface area contributed by atoms with Crippen molar-refractivity contribution in [2.24, 2.45) is 5.92 Å². The Kier molecular flexibility index (Phi) is 2.64. The van der Waals surface area contributed by atoms with Crippen molar-refractivity contribution in [3.05, 3.63) is 29.5 Å². The van der Waals surface area contributed by atoms with Gasteiger partial charge in [-0.1, -0.05) is 25.1 Å². The highest BCUT2D eigenvalue weighted by Crippen LogP contribution is 2.21. The summed E-state index contributed by atoms with van der Waals surface area (Å²) in [5.41, 5.74) is 2.88. The second-order valence-electron chi connectivity index (χ2n) is 4.11. The molecule has 0 radical (unpaired) electrons. The smallest absolute Gasteiger partial charge is 0.306 e. The fourth-order valence-electron chi connectivity index (χ4n) is 1.81. The van der Waals surface area contributed by atoms with Crippen LogP contribution in [0.25, 0.3) is 10.9 Å². The fraction of sp³-hybridized carbons (Fsp3) is 0.333. The zero-order chi connectivity index (χ0) is 11.7. The molecule has 0 saturated heterocycles. The first-order chi connectivity index (χ1) is 7.59. The minimum Gasteiger partial charge on any atom is -0.481 e. The SMILES string of the molecule is Cc1[nH]nc2c(CC(C)C(=O)O)cccc12. The maximum absolute atomic E-state index is 10.8. The Morgan fingerprint density at radius 1 is 1.56 bits per heavy atom. The topological polar surface area (TPSA) is 66.0 Å². The van der Waals surface area contributed by atoms with E-state index in [-0.39, 0.29) is 5.92 Å². The van der Waals surface area contributed by atoms with Gasteiger partial charge < -0.3 is 5.11 Å². The molecule has 2 N–H and O–H groups in total. The number of nitrogens with one attached hydrogen (secondary N) is 1. The van der Waals surface area contributed by atoms with Gasteiger partial charge in [0.05, 0.1) is 11.4 Å². The molecule has 0 amide bonds. The van der Waals surface area contributed by atoms with Crippen molar-refractivity contribution >= 4 is 16.9 Å². The van der Waals surface area contributed by atoms with Gasteiger partial charge in [0.1, 0.15) is 0 Å². The largest absolute Gasteiger partial charge is 0.481 e. The van der Waals surface area contributed by atoms with E-state index >= 15 is 0 Å². The quantitative estimate of drug-likeness (QED) is 0.829. The lowest BCUT2D eigenvalue weighted by atomic mass is 9.99. The van der Waals surface area contributed by atoms with E-state index in [2.05, 4.69) is 10.2 Å². The van der Waals surface area contributed by atoms with Crippen LogP contribution in [0.4, 0.5) is 0 Å². The van der Waals surface area contributed by atoms with E-state index in [0.717, 1.165) is 22.2 Å². The predicted octanol–water partition coefficient (Wildman–Crippen LogP) is 2.13. The summed E-state index contributed by atoms with van der Waals surface area (Å²) in [6, 6.07) is 5.86. The number of benzene rings is 1. The molecule has 0 saturated carbocycles. The summed E-state index contributed by atoms with van der Waals surface area (Å²) >= 11 is 0. The number of hydrogen-bond acceptors (Lipinski definition) is 2. The summed E-state index contributed by atoms with van der Waals surface area (Å²) in [5.74, 6) is -1.16. The Labute approximate surface area is 93.3 Å². The van der Waals surface area contributed by atoms with Gasteiger partial charge in [0.2, 0.25) is 0 Å². The van der Waals surface area contributed by atoms with Crippen LogP contribution in [0.2, 0.25) is 0 Å². The monoisotopic (exact) mass is 218 g/mol. The van der Waals surface area contributed by atoms with Crippen LogP contribution < -0.4 is 0 Å². The van der Waals surface area contributed by atoms with Crippen LogP contribution in [-0.4, -0.2) is 21.3 Å². The zero-order valence-electron chi connectivity index (χ0n) is 9.32. The minimum absolute atomic E-state index is 0.386. The number of H-pyrrole nitrogens is 1. The Hall–Kier alpha value is -1.84. The number of carboxylic acids is 1. The van der Waals surface area contributed by atoms with Gasteiger partial charge in [-0.05, 0) is 18.9 Å². The summed E-state index contributed by atoms with van der Waals surface area (Å²) in [7, 11) is 0. The minimum atomic E-state index is -0.774. The molecule has 1 aromatic carbocycles. The lowest BCUT2D eigenvalue weighted by molar-refractivity contribution is -0.141. The van der Waals surface area contributed by atoms with Crippen molar-refractivity contribution in [2.45, 2.75) is 20.3 Å². The van der Waals surface area contributed by atoms with Gasteiger partial charge in [-0.3, -0.25) is 9.89 Å². The number of aliphatic carboxylic acids is 1. The Morgan fingerprint density at radius 2 is 2.31 bits per heavy atom. The van der Waals surface area contributed by atoms with Crippen molar-refractivity contribution in [1.82, 2.24) is 10.2 Å².